The lowest BCUT2D eigenvalue weighted by molar-refractivity contribution is 0.103. The van der Waals surface area contributed by atoms with E-state index in [2.05, 4.69) is 75.4 Å². The zero-order valence-corrected chi connectivity index (χ0v) is 19.0. The molecule has 0 amide bonds. The van der Waals surface area contributed by atoms with Crippen molar-refractivity contribution in [3.05, 3.63) is 64.3 Å². The largest absolute Gasteiger partial charge is 0.492 e. The van der Waals surface area contributed by atoms with Gasteiger partial charge in [0, 0.05) is 41.2 Å². The maximum atomic E-state index is 13.5. The fraction of sp³-hybridized carbons (Fsp3) is 0.423. The number of rotatable bonds is 6. The second kappa shape index (κ2) is 7.59. The fourth-order valence-electron chi connectivity index (χ4n) is 4.93. The number of hydrogen-bond donors (Lipinski definition) is 0. The molecular weight excluding hydrogens is 372 g/mol. The number of aryl methyl sites for hydroxylation is 2. The summed E-state index contributed by atoms with van der Waals surface area (Å²) < 4.78 is 8.27. The minimum Gasteiger partial charge on any atom is -0.492 e. The number of hydrogen-bond acceptors (Lipinski definition) is 3. The molecule has 30 heavy (non-hydrogen) atoms. The number of likely N-dealkylation sites (N-methyl/N-ethyl adjacent to an activating group) is 1. The van der Waals surface area contributed by atoms with Gasteiger partial charge in [0.1, 0.15) is 12.4 Å². The lowest BCUT2D eigenvalue weighted by Gasteiger charge is -2.34. The molecule has 158 valence electrons. The molecule has 0 fully saturated rings. The van der Waals surface area contributed by atoms with Crippen molar-refractivity contribution in [1.82, 2.24) is 9.47 Å². The van der Waals surface area contributed by atoms with E-state index >= 15 is 0 Å². The van der Waals surface area contributed by atoms with Crippen LogP contribution in [0.25, 0.3) is 10.9 Å². The van der Waals surface area contributed by atoms with Gasteiger partial charge in [0.15, 0.2) is 5.78 Å². The summed E-state index contributed by atoms with van der Waals surface area (Å²) in [5.41, 5.74) is 5.79. The van der Waals surface area contributed by atoms with Crippen LogP contribution in [0, 0.1) is 6.92 Å². The summed E-state index contributed by atoms with van der Waals surface area (Å²) >= 11 is 0. The number of benzene rings is 2. The van der Waals surface area contributed by atoms with Crippen molar-refractivity contribution < 1.29 is 9.53 Å². The van der Waals surface area contributed by atoms with Gasteiger partial charge >= 0.3 is 0 Å². The zero-order chi connectivity index (χ0) is 21.6. The van der Waals surface area contributed by atoms with Gasteiger partial charge in [-0.1, -0.05) is 39.8 Å². The molecule has 0 N–H and O–H groups in total. The second-order valence-electron chi connectivity index (χ2n) is 8.84. The van der Waals surface area contributed by atoms with Gasteiger partial charge in [0.05, 0.1) is 5.56 Å². The van der Waals surface area contributed by atoms with Gasteiger partial charge in [-0.15, -0.1) is 0 Å². The number of nitrogens with zero attached hydrogens (tertiary/aromatic N) is 2. The van der Waals surface area contributed by atoms with Crippen LogP contribution in [0.15, 0.2) is 36.4 Å². The molecule has 0 unspecified atom stereocenters. The minimum atomic E-state index is -0.293. The second-order valence-corrected chi connectivity index (χ2v) is 8.84. The van der Waals surface area contributed by atoms with Gasteiger partial charge in [-0.2, -0.15) is 0 Å². The van der Waals surface area contributed by atoms with Crippen molar-refractivity contribution in [2.45, 2.75) is 40.0 Å². The molecule has 0 radical (unpaired) electrons. The molecule has 3 aromatic rings. The Morgan fingerprint density at radius 3 is 2.50 bits per heavy atom. The quantitative estimate of drug-likeness (QED) is 0.575. The minimum absolute atomic E-state index is 0.114. The normalized spacial score (nSPS) is 14.8. The van der Waals surface area contributed by atoms with E-state index in [9.17, 15) is 4.79 Å². The Kier molecular flexibility index (Phi) is 5.23. The molecule has 0 bridgehead atoms. The molecule has 0 atom stereocenters. The van der Waals surface area contributed by atoms with Gasteiger partial charge in [-0.25, -0.2) is 0 Å². The number of carbonyl (C=O) groups is 1. The molecule has 4 nitrogen and oxygen atoms in total. The number of aromatic nitrogens is 1. The summed E-state index contributed by atoms with van der Waals surface area (Å²) in [6.45, 7) is 14.4. The van der Waals surface area contributed by atoms with Crippen LogP contribution in [0.2, 0.25) is 0 Å². The van der Waals surface area contributed by atoms with Crippen LogP contribution >= 0.6 is 0 Å². The fourth-order valence-corrected chi connectivity index (χ4v) is 4.93. The third kappa shape index (κ3) is 3.14. The topological polar surface area (TPSA) is 34.5 Å². The molecular formula is C26H32N2O2. The average molecular weight is 405 g/mol. The Hall–Kier alpha value is -2.59. The zero-order valence-electron chi connectivity index (χ0n) is 19.0. The summed E-state index contributed by atoms with van der Waals surface area (Å²) in [6.07, 6.45) is 0. The number of ether oxygens (including phenoxy) is 1. The van der Waals surface area contributed by atoms with Crippen molar-refractivity contribution >= 4 is 16.7 Å². The van der Waals surface area contributed by atoms with E-state index in [4.69, 9.17) is 4.74 Å². The summed E-state index contributed by atoms with van der Waals surface area (Å²) in [7, 11) is 2.07. The maximum absolute atomic E-state index is 13.5. The summed E-state index contributed by atoms with van der Waals surface area (Å²) in [5, 5.41) is 1.04. The van der Waals surface area contributed by atoms with Crippen molar-refractivity contribution in [2.75, 3.05) is 26.2 Å². The number of ketones is 1. The SMILES string of the molecule is CCN(CC)CCOc1ccc2c(c1)C(C)(C)c1c(c3ccc(C)cc3n1C)C2=O. The molecule has 4 heteroatoms. The van der Waals surface area contributed by atoms with Crippen LogP contribution < -0.4 is 4.74 Å². The van der Waals surface area contributed by atoms with Gasteiger partial charge < -0.3 is 14.2 Å². The van der Waals surface area contributed by atoms with Crippen LogP contribution in [-0.2, 0) is 12.5 Å². The van der Waals surface area contributed by atoms with E-state index in [1.807, 2.05) is 12.1 Å². The number of carbonyl (C=O) groups excluding carboxylic acids is 1. The highest BCUT2D eigenvalue weighted by atomic mass is 16.5. The van der Waals surface area contributed by atoms with Crippen molar-refractivity contribution in [3.63, 3.8) is 0 Å². The Bertz CT molecular complexity index is 1120. The predicted molar refractivity (Wildman–Crippen MR) is 123 cm³/mol. The van der Waals surface area contributed by atoms with E-state index < -0.39 is 0 Å². The van der Waals surface area contributed by atoms with Crippen LogP contribution in [0.3, 0.4) is 0 Å². The Balaban J connectivity index is 1.75. The van der Waals surface area contributed by atoms with E-state index in [-0.39, 0.29) is 11.2 Å². The molecule has 0 saturated carbocycles. The Labute approximate surface area is 179 Å². The highest BCUT2D eigenvalue weighted by Gasteiger charge is 2.41. The van der Waals surface area contributed by atoms with Crippen molar-refractivity contribution in [1.29, 1.82) is 0 Å². The van der Waals surface area contributed by atoms with E-state index in [0.717, 1.165) is 58.7 Å². The monoisotopic (exact) mass is 404 g/mol. The highest BCUT2D eigenvalue weighted by Crippen LogP contribution is 2.45. The third-order valence-electron chi connectivity index (χ3n) is 6.65. The van der Waals surface area contributed by atoms with Crippen LogP contribution in [0.4, 0.5) is 0 Å². The van der Waals surface area contributed by atoms with Crippen LogP contribution in [0.1, 0.15) is 60.4 Å². The van der Waals surface area contributed by atoms with E-state index in [0.29, 0.717) is 6.61 Å². The predicted octanol–water partition coefficient (Wildman–Crippen LogP) is 5.08. The first-order chi connectivity index (χ1) is 14.3. The first-order valence-electron chi connectivity index (χ1n) is 10.9. The first-order valence-corrected chi connectivity index (χ1v) is 10.9. The molecule has 1 aliphatic rings. The molecule has 0 saturated heterocycles. The molecule has 4 rings (SSSR count). The standard InChI is InChI=1S/C26H32N2O2/c1-7-28(8-2)13-14-30-18-10-12-19-21(16-18)26(4,5)25-23(24(19)29)20-11-9-17(3)15-22(20)27(25)6/h9-12,15-16H,7-8,13-14H2,1-6H3. The highest BCUT2D eigenvalue weighted by molar-refractivity contribution is 6.20. The molecule has 0 spiro atoms. The van der Waals surface area contributed by atoms with Crippen molar-refractivity contribution in [3.8, 4) is 5.75 Å². The summed E-state index contributed by atoms with van der Waals surface area (Å²) in [4.78, 5) is 15.9. The van der Waals surface area contributed by atoms with Crippen LogP contribution in [-0.4, -0.2) is 41.5 Å². The summed E-state index contributed by atoms with van der Waals surface area (Å²) in [5.74, 6) is 0.948. The maximum Gasteiger partial charge on any atom is 0.195 e. The smallest absolute Gasteiger partial charge is 0.195 e. The average Bonchev–Trinajstić information content (AvgIpc) is 3.03. The molecule has 1 aromatic heterocycles. The van der Waals surface area contributed by atoms with Gasteiger partial charge in [-0.05, 0) is 55.4 Å². The molecule has 0 aliphatic heterocycles. The Morgan fingerprint density at radius 1 is 1.07 bits per heavy atom. The van der Waals surface area contributed by atoms with Crippen molar-refractivity contribution in [2.24, 2.45) is 7.05 Å². The van der Waals surface area contributed by atoms with Gasteiger partial charge in [-0.3, -0.25) is 4.79 Å². The molecule has 2 aromatic carbocycles. The Morgan fingerprint density at radius 2 is 1.80 bits per heavy atom. The summed E-state index contributed by atoms with van der Waals surface area (Å²) in [6, 6.07) is 12.3. The van der Waals surface area contributed by atoms with Crippen LogP contribution in [0.5, 0.6) is 5.75 Å². The lowest BCUT2D eigenvalue weighted by atomic mass is 9.71. The first kappa shape index (κ1) is 20.7. The van der Waals surface area contributed by atoms with E-state index in [1.54, 1.807) is 0 Å². The van der Waals surface area contributed by atoms with Gasteiger partial charge in [0.25, 0.3) is 0 Å². The van der Waals surface area contributed by atoms with E-state index in [1.165, 1.54) is 5.56 Å². The van der Waals surface area contributed by atoms with Gasteiger partial charge in [0.2, 0.25) is 0 Å². The lowest BCUT2D eigenvalue weighted by Crippen LogP contribution is -2.32. The molecule has 1 heterocycles. The third-order valence-corrected chi connectivity index (χ3v) is 6.65. The number of fused-ring (bicyclic) bond motifs is 4. The molecule has 1 aliphatic carbocycles.